The van der Waals surface area contributed by atoms with Gasteiger partial charge in [-0.15, -0.1) is 0 Å². The average Bonchev–Trinajstić information content (AvgIpc) is 2.25. The molecule has 5 nitrogen and oxygen atoms in total. The van der Waals surface area contributed by atoms with Crippen molar-refractivity contribution < 1.29 is 19.8 Å². The molecule has 0 heterocycles. The second kappa shape index (κ2) is 8.91. The smallest absolute Gasteiger partial charge is 0.307 e. The van der Waals surface area contributed by atoms with Gasteiger partial charge in [0, 0.05) is 19.0 Å². The molecular weight excluding hydrogens is 234 g/mol. The van der Waals surface area contributed by atoms with Crippen LogP contribution in [0.25, 0.3) is 0 Å². The van der Waals surface area contributed by atoms with Gasteiger partial charge in [-0.3, -0.25) is 9.59 Å². The highest BCUT2D eigenvalue weighted by molar-refractivity contribution is 5.69. The Morgan fingerprint density at radius 1 is 1.06 bits per heavy atom. The molecule has 0 aliphatic heterocycles. The van der Waals surface area contributed by atoms with Gasteiger partial charge in [-0.25, -0.2) is 0 Å². The van der Waals surface area contributed by atoms with E-state index >= 15 is 0 Å². The molecule has 0 rings (SSSR count). The van der Waals surface area contributed by atoms with Crippen LogP contribution in [-0.2, 0) is 9.59 Å². The summed E-state index contributed by atoms with van der Waals surface area (Å²) >= 11 is 0. The normalized spacial score (nSPS) is 12.9. The van der Waals surface area contributed by atoms with E-state index in [0.717, 1.165) is 19.4 Å². The van der Waals surface area contributed by atoms with Crippen molar-refractivity contribution in [3.63, 3.8) is 0 Å². The number of nitrogens with zero attached hydrogens (tertiary/aromatic N) is 1. The molecule has 1 unspecified atom stereocenters. The fraction of sp³-hybridized carbons (Fsp3) is 0.846. The fourth-order valence-corrected chi connectivity index (χ4v) is 1.76. The Kier molecular flexibility index (Phi) is 8.37. The highest BCUT2D eigenvalue weighted by Gasteiger charge is 2.17. The van der Waals surface area contributed by atoms with Gasteiger partial charge in [-0.1, -0.05) is 13.3 Å². The van der Waals surface area contributed by atoms with Crippen LogP contribution in [0, 0.1) is 5.92 Å². The van der Waals surface area contributed by atoms with E-state index in [0.29, 0.717) is 19.0 Å². The quantitative estimate of drug-likeness (QED) is 0.587. The van der Waals surface area contributed by atoms with Crippen molar-refractivity contribution in [2.75, 3.05) is 13.1 Å². The van der Waals surface area contributed by atoms with Gasteiger partial charge in [0.15, 0.2) is 0 Å². The van der Waals surface area contributed by atoms with Crippen LogP contribution in [0.5, 0.6) is 0 Å². The number of hydrogen-bond donors (Lipinski definition) is 2. The van der Waals surface area contributed by atoms with Crippen molar-refractivity contribution >= 4 is 11.9 Å². The third kappa shape index (κ3) is 8.06. The lowest BCUT2D eigenvalue weighted by atomic mass is 10.1. The van der Waals surface area contributed by atoms with Crippen molar-refractivity contribution in [3.8, 4) is 0 Å². The third-order valence-electron chi connectivity index (χ3n) is 3.00. The molecule has 106 valence electrons. The molecule has 18 heavy (non-hydrogen) atoms. The predicted molar refractivity (Wildman–Crippen MR) is 69.6 cm³/mol. The molecule has 0 bridgehead atoms. The summed E-state index contributed by atoms with van der Waals surface area (Å²) < 4.78 is 0. The molecule has 1 atom stereocenters. The number of carbonyl (C=O) groups is 2. The van der Waals surface area contributed by atoms with E-state index in [9.17, 15) is 9.59 Å². The number of unbranched alkanes of at least 4 members (excludes halogenated alkanes) is 2. The highest BCUT2D eigenvalue weighted by atomic mass is 16.4. The van der Waals surface area contributed by atoms with Gasteiger partial charge in [0.05, 0.1) is 5.92 Å². The number of carboxylic acid groups (broad SMARTS) is 2. The predicted octanol–water partition coefficient (Wildman–Crippen LogP) is 2.06. The molecule has 0 saturated heterocycles. The molecule has 0 radical (unpaired) electrons. The molecule has 0 aromatic rings. The number of rotatable bonds is 10. The average molecular weight is 259 g/mol. The third-order valence-corrected chi connectivity index (χ3v) is 3.00. The topological polar surface area (TPSA) is 77.8 Å². The van der Waals surface area contributed by atoms with Crippen molar-refractivity contribution in [1.82, 2.24) is 4.90 Å². The lowest BCUT2D eigenvalue weighted by molar-refractivity contribution is -0.142. The molecule has 0 aliphatic rings. The first-order valence-corrected chi connectivity index (χ1v) is 6.53. The highest BCUT2D eigenvalue weighted by Crippen LogP contribution is 2.08. The van der Waals surface area contributed by atoms with Crippen molar-refractivity contribution in [3.05, 3.63) is 0 Å². The van der Waals surface area contributed by atoms with E-state index in [1.54, 1.807) is 6.92 Å². The van der Waals surface area contributed by atoms with Gasteiger partial charge in [-0.05, 0) is 33.2 Å². The zero-order valence-electron chi connectivity index (χ0n) is 11.6. The van der Waals surface area contributed by atoms with E-state index in [2.05, 4.69) is 4.90 Å². The fourth-order valence-electron chi connectivity index (χ4n) is 1.76. The minimum Gasteiger partial charge on any atom is -0.481 e. The largest absolute Gasteiger partial charge is 0.481 e. The molecule has 2 N–H and O–H groups in total. The molecule has 0 aromatic heterocycles. The van der Waals surface area contributed by atoms with Crippen molar-refractivity contribution in [2.45, 2.75) is 52.5 Å². The molecule has 0 amide bonds. The van der Waals surface area contributed by atoms with Crippen LogP contribution in [-0.4, -0.2) is 46.2 Å². The number of hydrogen-bond acceptors (Lipinski definition) is 3. The van der Waals surface area contributed by atoms with E-state index < -0.39 is 11.9 Å². The SMILES string of the molecule is CC(CN(CCCCCC(=O)O)C(C)C)C(=O)O. The van der Waals surface area contributed by atoms with Crippen LogP contribution in [0.2, 0.25) is 0 Å². The molecular formula is C13H25NO4. The van der Waals surface area contributed by atoms with E-state index in [1.807, 2.05) is 13.8 Å². The minimum absolute atomic E-state index is 0.215. The lowest BCUT2D eigenvalue weighted by Crippen LogP contribution is -2.37. The van der Waals surface area contributed by atoms with E-state index in [1.165, 1.54) is 0 Å². The van der Waals surface area contributed by atoms with Crippen molar-refractivity contribution in [2.24, 2.45) is 5.92 Å². The number of aliphatic carboxylic acids is 2. The van der Waals surface area contributed by atoms with Gasteiger partial charge < -0.3 is 15.1 Å². The van der Waals surface area contributed by atoms with Gasteiger partial charge >= 0.3 is 11.9 Å². The Morgan fingerprint density at radius 3 is 2.11 bits per heavy atom. The summed E-state index contributed by atoms with van der Waals surface area (Å²) in [6, 6.07) is 0.311. The summed E-state index contributed by atoms with van der Waals surface area (Å²) in [5, 5.41) is 17.4. The van der Waals surface area contributed by atoms with E-state index in [4.69, 9.17) is 10.2 Å². The molecule has 0 fully saturated rings. The summed E-state index contributed by atoms with van der Waals surface area (Å²) in [6.45, 7) is 7.18. The maximum absolute atomic E-state index is 10.8. The van der Waals surface area contributed by atoms with Crippen LogP contribution >= 0.6 is 0 Å². The van der Waals surface area contributed by atoms with Crippen LogP contribution in [0.3, 0.4) is 0 Å². The van der Waals surface area contributed by atoms with Gasteiger partial charge in [0.25, 0.3) is 0 Å². The Labute approximate surface area is 109 Å². The molecule has 0 saturated carbocycles. The summed E-state index contributed by atoms with van der Waals surface area (Å²) in [5.74, 6) is -1.90. The Morgan fingerprint density at radius 2 is 1.67 bits per heavy atom. The second-order valence-electron chi connectivity index (χ2n) is 5.03. The van der Waals surface area contributed by atoms with E-state index in [-0.39, 0.29) is 12.3 Å². The van der Waals surface area contributed by atoms with Gasteiger partial charge in [-0.2, -0.15) is 0 Å². The first-order valence-electron chi connectivity index (χ1n) is 6.53. The second-order valence-corrected chi connectivity index (χ2v) is 5.03. The maximum Gasteiger partial charge on any atom is 0.307 e. The Bertz CT molecular complexity index is 266. The number of carboxylic acids is 2. The summed E-state index contributed by atoms with van der Waals surface area (Å²) in [5.41, 5.74) is 0. The first kappa shape index (κ1) is 16.9. The minimum atomic E-state index is -0.772. The monoisotopic (exact) mass is 259 g/mol. The maximum atomic E-state index is 10.8. The van der Waals surface area contributed by atoms with Crippen molar-refractivity contribution in [1.29, 1.82) is 0 Å². The summed E-state index contributed by atoms with van der Waals surface area (Å²) in [6.07, 6.45) is 2.69. The van der Waals surface area contributed by atoms with Crippen LogP contribution in [0.1, 0.15) is 46.5 Å². The van der Waals surface area contributed by atoms with Crippen LogP contribution < -0.4 is 0 Å². The van der Waals surface area contributed by atoms with Crippen LogP contribution in [0.4, 0.5) is 0 Å². The summed E-state index contributed by atoms with van der Waals surface area (Å²) in [4.78, 5) is 23.3. The molecule has 0 spiro atoms. The molecule has 5 heteroatoms. The van der Waals surface area contributed by atoms with Gasteiger partial charge in [0.1, 0.15) is 0 Å². The standard InChI is InChI=1S/C13H25NO4/c1-10(2)14(9-11(3)13(17)18)8-6-4-5-7-12(15)16/h10-11H,4-9H2,1-3H3,(H,15,16)(H,17,18). The Balaban J connectivity index is 3.91. The van der Waals surface area contributed by atoms with Gasteiger partial charge in [0.2, 0.25) is 0 Å². The molecule has 0 aliphatic carbocycles. The zero-order valence-corrected chi connectivity index (χ0v) is 11.6. The lowest BCUT2D eigenvalue weighted by Gasteiger charge is -2.28. The van der Waals surface area contributed by atoms with Crippen LogP contribution in [0.15, 0.2) is 0 Å². The molecule has 0 aromatic carbocycles. The summed E-state index contributed by atoms with van der Waals surface area (Å²) in [7, 11) is 0. The zero-order chi connectivity index (χ0) is 14.1. The first-order chi connectivity index (χ1) is 8.34. The Hall–Kier alpha value is -1.10.